The van der Waals surface area contributed by atoms with E-state index < -0.39 is 0 Å². The van der Waals surface area contributed by atoms with Crippen molar-refractivity contribution in [3.63, 3.8) is 0 Å². The van der Waals surface area contributed by atoms with Gasteiger partial charge in [-0.25, -0.2) is 0 Å². The first-order chi connectivity index (χ1) is 11.2. The van der Waals surface area contributed by atoms with Crippen molar-refractivity contribution in [1.82, 2.24) is 20.4 Å². The molecule has 1 aromatic carbocycles. The van der Waals surface area contributed by atoms with Gasteiger partial charge < -0.3 is 5.32 Å². The second kappa shape index (κ2) is 5.39. The zero-order valence-electron chi connectivity index (χ0n) is 12.8. The van der Waals surface area contributed by atoms with Gasteiger partial charge in [0.2, 0.25) is 0 Å². The summed E-state index contributed by atoms with van der Waals surface area (Å²) in [5.41, 5.74) is 4.41. The first kappa shape index (κ1) is 13.8. The molecule has 0 spiro atoms. The minimum Gasteiger partial charge on any atom is -0.304 e. The number of hydrogen-bond donors (Lipinski definition) is 3. The van der Waals surface area contributed by atoms with E-state index in [0.717, 1.165) is 17.0 Å². The molecule has 1 fully saturated rings. The van der Waals surface area contributed by atoms with Crippen LogP contribution in [0.3, 0.4) is 0 Å². The normalized spacial score (nSPS) is 14.0. The van der Waals surface area contributed by atoms with Gasteiger partial charge in [0.05, 0.1) is 5.69 Å². The second-order valence-electron chi connectivity index (χ2n) is 5.97. The fourth-order valence-corrected chi connectivity index (χ4v) is 2.50. The Labute approximate surface area is 133 Å². The van der Waals surface area contributed by atoms with Gasteiger partial charge in [-0.05, 0) is 25.8 Å². The van der Waals surface area contributed by atoms with Crippen LogP contribution < -0.4 is 5.32 Å². The number of aromatic amines is 2. The third-order valence-corrected chi connectivity index (χ3v) is 4.03. The van der Waals surface area contributed by atoms with Crippen molar-refractivity contribution in [3.05, 3.63) is 53.3 Å². The number of H-pyrrole nitrogens is 2. The van der Waals surface area contributed by atoms with Crippen molar-refractivity contribution in [3.8, 4) is 11.3 Å². The monoisotopic (exact) mass is 307 g/mol. The molecule has 0 unspecified atom stereocenters. The molecule has 2 heterocycles. The van der Waals surface area contributed by atoms with Crippen molar-refractivity contribution >= 4 is 11.7 Å². The maximum Gasteiger partial charge on any atom is 0.274 e. The van der Waals surface area contributed by atoms with Crippen LogP contribution >= 0.6 is 0 Å². The maximum atomic E-state index is 12.3. The maximum absolute atomic E-state index is 12.3. The summed E-state index contributed by atoms with van der Waals surface area (Å²) in [6.45, 7) is 2.03. The summed E-state index contributed by atoms with van der Waals surface area (Å²) in [4.78, 5) is 12.3. The van der Waals surface area contributed by atoms with Crippen molar-refractivity contribution < 1.29 is 4.79 Å². The van der Waals surface area contributed by atoms with Crippen molar-refractivity contribution in [2.75, 3.05) is 5.32 Å². The summed E-state index contributed by atoms with van der Waals surface area (Å²) in [6, 6.07) is 11.7. The minimum absolute atomic E-state index is 0.246. The molecule has 3 aromatic rings. The van der Waals surface area contributed by atoms with Gasteiger partial charge in [0, 0.05) is 23.2 Å². The molecule has 0 bridgehead atoms. The van der Waals surface area contributed by atoms with E-state index in [1.54, 1.807) is 6.07 Å². The molecule has 0 radical (unpaired) electrons. The van der Waals surface area contributed by atoms with Gasteiger partial charge in [0.1, 0.15) is 5.69 Å². The van der Waals surface area contributed by atoms with Crippen LogP contribution in [0.2, 0.25) is 0 Å². The SMILES string of the molecule is Cc1ccc(-c2cc(C(=O)Nc3cc(C4CC4)[nH]n3)[nH]n2)cc1. The molecule has 0 atom stereocenters. The number of rotatable bonds is 4. The van der Waals surface area contributed by atoms with Crippen LogP contribution in [0, 0.1) is 6.92 Å². The van der Waals surface area contributed by atoms with E-state index in [1.165, 1.54) is 18.4 Å². The minimum atomic E-state index is -0.246. The standard InChI is InChI=1S/C17H17N5O/c1-10-2-4-11(5-3-10)13-8-15(21-19-13)17(23)18-16-9-14(20-22-16)12-6-7-12/h2-5,8-9,12H,6-7H2,1H3,(H,19,21)(H2,18,20,22,23). The average Bonchev–Trinajstić information content (AvgIpc) is 3.10. The highest BCUT2D eigenvalue weighted by molar-refractivity contribution is 6.02. The van der Waals surface area contributed by atoms with Crippen LogP contribution in [0.1, 0.15) is 40.5 Å². The highest BCUT2D eigenvalue weighted by atomic mass is 16.2. The van der Waals surface area contributed by atoms with Gasteiger partial charge in [0.25, 0.3) is 5.91 Å². The predicted molar refractivity (Wildman–Crippen MR) is 87.3 cm³/mol. The van der Waals surface area contributed by atoms with Crippen molar-refractivity contribution in [2.45, 2.75) is 25.7 Å². The van der Waals surface area contributed by atoms with Crippen LogP contribution in [-0.2, 0) is 0 Å². The van der Waals surface area contributed by atoms with Gasteiger partial charge >= 0.3 is 0 Å². The second-order valence-corrected chi connectivity index (χ2v) is 5.97. The fraction of sp³-hybridized carbons (Fsp3) is 0.235. The topological polar surface area (TPSA) is 86.5 Å². The number of aryl methyl sites for hydroxylation is 1. The Bertz CT molecular complexity index is 842. The van der Waals surface area contributed by atoms with Gasteiger partial charge in [-0.15, -0.1) is 0 Å². The first-order valence-electron chi connectivity index (χ1n) is 7.68. The molecule has 6 heteroatoms. The first-order valence-corrected chi connectivity index (χ1v) is 7.68. The van der Waals surface area contributed by atoms with Gasteiger partial charge in [-0.1, -0.05) is 29.8 Å². The summed E-state index contributed by atoms with van der Waals surface area (Å²) < 4.78 is 0. The summed E-state index contributed by atoms with van der Waals surface area (Å²) >= 11 is 0. The number of benzene rings is 1. The zero-order chi connectivity index (χ0) is 15.8. The smallest absolute Gasteiger partial charge is 0.274 e. The number of nitrogens with one attached hydrogen (secondary N) is 3. The van der Waals surface area contributed by atoms with Crippen LogP contribution in [0.25, 0.3) is 11.3 Å². The number of nitrogens with zero attached hydrogens (tertiary/aromatic N) is 2. The lowest BCUT2D eigenvalue weighted by atomic mass is 10.1. The van der Waals surface area contributed by atoms with E-state index in [4.69, 9.17) is 0 Å². The molecule has 4 rings (SSSR count). The fourth-order valence-electron chi connectivity index (χ4n) is 2.50. The van der Waals surface area contributed by atoms with E-state index in [9.17, 15) is 4.79 Å². The zero-order valence-corrected chi connectivity index (χ0v) is 12.8. The quantitative estimate of drug-likeness (QED) is 0.691. The van der Waals surface area contributed by atoms with E-state index in [-0.39, 0.29) is 5.91 Å². The molecule has 116 valence electrons. The molecular weight excluding hydrogens is 290 g/mol. The molecule has 2 aromatic heterocycles. The van der Waals surface area contributed by atoms with Crippen molar-refractivity contribution in [1.29, 1.82) is 0 Å². The third kappa shape index (κ3) is 2.88. The Hall–Kier alpha value is -2.89. The predicted octanol–water partition coefficient (Wildman–Crippen LogP) is 3.24. The molecule has 1 saturated carbocycles. The van der Waals surface area contributed by atoms with E-state index >= 15 is 0 Å². The van der Waals surface area contributed by atoms with Gasteiger partial charge in [-0.3, -0.25) is 15.0 Å². The number of anilines is 1. The summed E-state index contributed by atoms with van der Waals surface area (Å²) in [5, 5.41) is 16.9. The van der Waals surface area contributed by atoms with Crippen molar-refractivity contribution in [2.24, 2.45) is 0 Å². The highest BCUT2D eigenvalue weighted by Gasteiger charge is 2.25. The molecule has 1 aliphatic carbocycles. The summed E-state index contributed by atoms with van der Waals surface area (Å²) in [7, 11) is 0. The molecule has 0 saturated heterocycles. The van der Waals surface area contributed by atoms with Crippen LogP contribution in [0.15, 0.2) is 36.4 Å². The third-order valence-electron chi connectivity index (χ3n) is 4.03. The lowest BCUT2D eigenvalue weighted by Crippen LogP contribution is -2.12. The molecule has 6 nitrogen and oxygen atoms in total. The molecule has 23 heavy (non-hydrogen) atoms. The number of carbonyl (C=O) groups excluding carboxylic acids is 1. The molecule has 1 aliphatic rings. The van der Waals surface area contributed by atoms with Crippen LogP contribution in [0.4, 0.5) is 5.82 Å². The number of aromatic nitrogens is 4. The Morgan fingerprint density at radius 1 is 1.13 bits per heavy atom. The molecule has 1 amide bonds. The molecule has 3 N–H and O–H groups in total. The molecule has 0 aliphatic heterocycles. The lowest BCUT2D eigenvalue weighted by molar-refractivity contribution is 0.102. The van der Waals surface area contributed by atoms with Gasteiger partial charge in [-0.2, -0.15) is 10.2 Å². The molecular formula is C17H17N5O. The Morgan fingerprint density at radius 3 is 2.65 bits per heavy atom. The largest absolute Gasteiger partial charge is 0.304 e. The lowest BCUT2D eigenvalue weighted by Gasteiger charge is -1.98. The van der Waals surface area contributed by atoms with E-state index in [1.807, 2.05) is 37.3 Å². The Kier molecular flexibility index (Phi) is 3.22. The Morgan fingerprint density at radius 2 is 1.91 bits per heavy atom. The van der Waals surface area contributed by atoms with Crippen LogP contribution in [-0.4, -0.2) is 26.3 Å². The number of amides is 1. The number of hydrogen-bond acceptors (Lipinski definition) is 3. The number of carbonyl (C=O) groups is 1. The van der Waals surface area contributed by atoms with E-state index in [0.29, 0.717) is 17.4 Å². The van der Waals surface area contributed by atoms with E-state index in [2.05, 4.69) is 25.7 Å². The van der Waals surface area contributed by atoms with Gasteiger partial charge in [0.15, 0.2) is 5.82 Å². The van der Waals surface area contributed by atoms with Crippen LogP contribution in [0.5, 0.6) is 0 Å². The average molecular weight is 307 g/mol. The highest BCUT2D eigenvalue weighted by Crippen LogP contribution is 2.39. The summed E-state index contributed by atoms with van der Waals surface area (Å²) in [5.74, 6) is 0.876. The summed E-state index contributed by atoms with van der Waals surface area (Å²) in [6.07, 6.45) is 2.38. The Balaban J connectivity index is 1.48.